The van der Waals surface area contributed by atoms with Crippen LogP contribution in [0.15, 0.2) is 0 Å². The first kappa shape index (κ1) is 64.4. The predicted octanol–water partition coefficient (Wildman–Crippen LogP) is 19.7. The van der Waals surface area contributed by atoms with Gasteiger partial charge in [-0.2, -0.15) is 0 Å². The molecule has 0 aromatic rings. The maximum absolute atomic E-state index is 12.8. The SMILES string of the molecule is CCCCCCCCCCCCCCCCCCCC(=O)OC[C@@H](COC(=O)CCCCCCCCCCCCCCCCCCC(C)C)OC(=O)CCCCCCCCCCC(C)CC. The van der Waals surface area contributed by atoms with Crippen LogP contribution in [0.3, 0.4) is 0 Å². The average molecular weight is 934 g/mol. The monoisotopic (exact) mass is 933 g/mol. The molecule has 0 amide bonds. The van der Waals surface area contributed by atoms with E-state index >= 15 is 0 Å². The van der Waals surface area contributed by atoms with Gasteiger partial charge >= 0.3 is 17.9 Å². The lowest BCUT2D eigenvalue weighted by Crippen LogP contribution is -2.30. The van der Waals surface area contributed by atoms with E-state index in [0.29, 0.717) is 19.3 Å². The Morgan fingerprint density at radius 1 is 0.318 bits per heavy atom. The van der Waals surface area contributed by atoms with E-state index in [-0.39, 0.29) is 31.1 Å². The van der Waals surface area contributed by atoms with E-state index in [0.717, 1.165) is 69.6 Å². The number of hydrogen-bond acceptors (Lipinski definition) is 6. The van der Waals surface area contributed by atoms with Crippen molar-refractivity contribution in [3.63, 3.8) is 0 Å². The molecule has 1 unspecified atom stereocenters. The van der Waals surface area contributed by atoms with E-state index < -0.39 is 6.10 Å². The number of hydrogen-bond donors (Lipinski definition) is 0. The molecule has 66 heavy (non-hydrogen) atoms. The van der Waals surface area contributed by atoms with Gasteiger partial charge in [-0.3, -0.25) is 14.4 Å². The number of unbranched alkanes of at least 4 members (excludes halogenated alkanes) is 38. The summed E-state index contributed by atoms with van der Waals surface area (Å²) in [6.45, 7) is 11.4. The van der Waals surface area contributed by atoms with Gasteiger partial charge in [0.1, 0.15) is 13.2 Å². The Morgan fingerprint density at radius 2 is 0.576 bits per heavy atom. The van der Waals surface area contributed by atoms with Gasteiger partial charge in [-0.25, -0.2) is 0 Å². The molecule has 0 radical (unpaired) electrons. The Morgan fingerprint density at radius 3 is 0.864 bits per heavy atom. The third-order valence-electron chi connectivity index (χ3n) is 14.1. The molecule has 0 bridgehead atoms. The number of rotatable bonds is 54. The second-order valence-corrected chi connectivity index (χ2v) is 21.4. The quantitative estimate of drug-likeness (QED) is 0.0343. The number of carbonyl (C=O) groups excluding carboxylic acids is 3. The Labute approximate surface area is 412 Å². The van der Waals surface area contributed by atoms with Crippen LogP contribution in [0.2, 0.25) is 0 Å². The van der Waals surface area contributed by atoms with Crippen LogP contribution in [-0.4, -0.2) is 37.2 Å². The summed E-state index contributed by atoms with van der Waals surface area (Å²) < 4.78 is 16.9. The van der Waals surface area contributed by atoms with Crippen LogP contribution in [0, 0.1) is 11.8 Å². The van der Waals surface area contributed by atoms with E-state index in [2.05, 4.69) is 34.6 Å². The van der Waals surface area contributed by atoms with Gasteiger partial charge in [-0.05, 0) is 31.1 Å². The Balaban J connectivity index is 4.25. The van der Waals surface area contributed by atoms with Crippen molar-refractivity contribution in [3.8, 4) is 0 Å². The zero-order chi connectivity index (χ0) is 48.2. The van der Waals surface area contributed by atoms with Crippen molar-refractivity contribution in [1.29, 1.82) is 0 Å². The molecule has 0 aliphatic rings. The van der Waals surface area contributed by atoms with Crippen LogP contribution in [0.1, 0.15) is 336 Å². The standard InChI is InChI=1S/C60H116O6/c1-6-8-9-10-11-12-13-14-15-16-20-23-26-29-35-40-45-50-58(61)64-53-57(66-60(63)52-47-42-37-32-31-34-39-44-49-56(5)7-2)54-65-59(62)51-46-41-36-30-27-24-21-18-17-19-22-25-28-33-38-43-48-55(3)4/h55-57H,6-54H2,1-5H3/t56?,57-/m0/s1. The number of carbonyl (C=O) groups is 3. The molecule has 6 heteroatoms. The van der Waals surface area contributed by atoms with Gasteiger partial charge in [0.25, 0.3) is 0 Å². The maximum Gasteiger partial charge on any atom is 0.306 e. The van der Waals surface area contributed by atoms with Crippen LogP contribution < -0.4 is 0 Å². The fraction of sp³-hybridized carbons (Fsp3) is 0.950. The van der Waals surface area contributed by atoms with Crippen LogP contribution in [-0.2, 0) is 28.6 Å². The highest BCUT2D eigenvalue weighted by molar-refractivity contribution is 5.71. The molecule has 0 heterocycles. The van der Waals surface area contributed by atoms with Gasteiger partial charge in [0.2, 0.25) is 0 Å². The molecule has 0 fully saturated rings. The third kappa shape index (κ3) is 51.8. The highest BCUT2D eigenvalue weighted by Gasteiger charge is 2.19. The van der Waals surface area contributed by atoms with Gasteiger partial charge in [-0.15, -0.1) is 0 Å². The lowest BCUT2D eigenvalue weighted by molar-refractivity contribution is -0.167. The lowest BCUT2D eigenvalue weighted by atomic mass is 9.99. The van der Waals surface area contributed by atoms with Gasteiger partial charge < -0.3 is 14.2 Å². The molecular formula is C60H116O6. The summed E-state index contributed by atoms with van der Waals surface area (Å²) in [6.07, 6.45) is 56.7. The Hall–Kier alpha value is -1.59. The summed E-state index contributed by atoms with van der Waals surface area (Å²) in [5, 5.41) is 0. The van der Waals surface area contributed by atoms with Crippen LogP contribution >= 0.6 is 0 Å². The van der Waals surface area contributed by atoms with Crippen molar-refractivity contribution < 1.29 is 28.6 Å². The molecule has 0 N–H and O–H groups in total. The first-order valence-corrected chi connectivity index (χ1v) is 29.8. The molecule has 0 aromatic heterocycles. The van der Waals surface area contributed by atoms with Crippen molar-refractivity contribution in [2.24, 2.45) is 11.8 Å². The van der Waals surface area contributed by atoms with E-state index in [4.69, 9.17) is 14.2 Å². The molecule has 0 aliphatic carbocycles. The van der Waals surface area contributed by atoms with Crippen LogP contribution in [0.5, 0.6) is 0 Å². The molecule has 0 rings (SSSR count). The smallest absolute Gasteiger partial charge is 0.306 e. The van der Waals surface area contributed by atoms with Crippen molar-refractivity contribution in [3.05, 3.63) is 0 Å². The Bertz CT molecular complexity index is 1010. The van der Waals surface area contributed by atoms with E-state index in [1.54, 1.807) is 0 Å². The van der Waals surface area contributed by atoms with Gasteiger partial charge in [0.15, 0.2) is 6.10 Å². The van der Waals surface area contributed by atoms with Crippen molar-refractivity contribution in [2.75, 3.05) is 13.2 Å². The minimum Gasteiger partial charge on any atom is -0.462 e. The average Bonchev–Trinajstić information content (AvgIpc) is 3.30. The van der Waals surface area contributed by atoms with E-state index in [1.165, 1.54) is 225 Å². The topological polar surface area (TPSA) is 78.9 Å². The summed E-state index contributed by atoms with van der Waals surface area (Å²) in [7, 11) is 0. The maximum atomic E-state index is 12.8. The first-order valence-electron chi connectivity index (χ1n) is 29.8. The fourth-order valence-corrected chi connectivity index (χ4v) is 9.20. The molecule has 0 aliphatic heterocycles. The zero-order valence-corrected chi connectivity index (χ0v) is 45.3. The summed E-state index contributed by atoms with van der Waals surface area (Å²) in [4.78, 5) is 38.2. The zero-order valence-electron chi connectivity index (χ0n) is 45.3. The minimum atomic E-state index is -0.763. The summed E-state index contributed by atoms with van der Waals surface area (Å²) in [6, 6.07) is 0. The fourth-order valence-electron chi connectivity index (χ4n) is 9.20. The highest BCUT2D eigenvalue weighted by Crippen LogP contribution is 2.19. The minimum absolute atomic E-state index is 0.0630. The summed E-state index contributed by atoms with van der Waals surface area (Å²) in [5.41, 5.74) is 0. The predicted molar refractivity (Wildman–Crippen MR) is 284 cm³/mol. The molecule has 0 saturated heterocycles. The van der Waals surface area contributed by atoms with Gasteiger partial charge in [0.05, 0.1) is 0 Å². The molecule has 0 aromatic carbocycles. The molecule has 392 valence electrons. The summed E-state index contributed by atoms with van der Waals surface area (Å²) in [5.74, 6) is 0.858. The molecule has 0 spiro atoms. The van der Waals surface area contributed by atoms with Crippen LogP contribution in [0.4, 0.5) is 0 Å². The van der Waals surface area contributed by atoms with Gasteiger partial charge in [-0.1, -0.05) is 298 Å². The number of esters is 3. The number of ether oxygens (including phenoxy) is 3. The molecule has 6 nitrogen and oxygen atoms in total. The molecule has 0 saturated carbocycles. The highest BCUT2D eigenvalue weighted by atomic mass is 16.6. The first-order chi connectivity index (χ1) is 32.3. The van der Waals surface area contributed by atoms with E-state index in [9.17, 15) is 14.4 Å². The third-order valence-corrected chi connectivity index (χ3v) is 14.1. The van der Waals surface area contributed by atoms with Crippen LogP contribution in [0.25, 0.3) is 0 Å². The van der Waals surface area contributed by atoms with Crippen molar-refractivity contribution in [2.45, 2.75) is 343 Å². The lowest BCUT2D eigenvalue weighted by Gasteiger charge is -2.18. The summed E-state index contributed by atoms with van der Waals surface area (Å²) >= 11 is 0. The van der Waals surface area contributed by atoms with Crippen molar-refractivity contribution in [1.82, 2.24) is 0 Å². The molecule has 2 atom stereocenters. The Kier molecular flexibility index (Phi) is 51.5. The van der Waals surface area contributed by atoms with Crippen molar-refractivity contribution >= 4 is 17.9 Å². The molecular weight excluding hydrogens is 817 g/mol. The normalized spacial score (nSPS) is 12.5. The largest absolute Gasteiger partial charge is 0.462 e. The van der Waals surface area contributed by atoms with E-state index in [1.807, 2.05) is 0 Å². The second kappa shape index (κ2) is 52.8. The second-order valence-electron chi connectivity index (χ2n) is 21.4. The van der Waals surface area contributed by atoms with Gasteiger partial charge in [0, 0.05) is 19.3 Å².